The number of rotatable bonds is 6. The molecule has 0 heterocycles. The van der Waals surface area contributed by atoms with Crippen molar-refractivity contribution >= 4 is 31.9 Å². The normalized spacial score (nSPS) is 10.7. The largest absolute Gasteiger partial charge is 0.457 e. The molecule has 1 N–H and O–H groups in total. The lowest BCUT2D eigenvalue weighted by molar-refractivity contribution is 0.475. The quantitative estimate of drug-likeness (QED) is 0.615. The summed E-state index contributed by atoms with van der Waals surface area (Å²) in [6.07, 6.45) is 1.11. The highest BCUT2D eigenvalue weighted by Crippen LogP contribution is 2.29. The van der Waals surface area contributed by atoms with Gasteiger partial charge in [-0.25, -0.2) is 4.39 Å². The minimum absolute atomic E-state index is 0.341. The molecule has 21 heavy (non-hydrogen) atoms. The highest BCUT2D eigenvalue weighted by molar-refractivity contribution is 9.10. The average Bonchev–Trinajstić information content (AvgIpc) is 2.45. The van der Waals surface area contributed by atoms with Crippen molar-refractivity contribution in [1.82, 2.24) is 5.32 Å². The zero-order valence-electron chi connectivity index (χ0n) is 11.6. The van der Waals surface area contributed by atoms with E-state index in [9.17, 15) is 4.39 Å². The number of nitrogens with one attached hydrogen (secondary N) is 1. The smallest absolute Gasteiger partial charge is 0.141 e. The maximum atomic E-state index is 13.5. The Morgan fingerprint density at radius 1 is 1.05 bits per heavy atom. The molecule has 2 aromatic rings. The predicted molar refractivity (Wildman–Crippen MR) is 90.3 cm³/mol. The fraction of sp³-hybridized carbons (Fsp3) is 0.250. The van der Waals surface area contributed by atoms with Crippen molar-refractivity contribution < 1.29 is 9.13 Å². The summed E-state index contributed by atoms with van der Waals surface area (Å²) in [6.45, 7) is 3.93. The lowest BCUT2D eigenvalue weighted by atomic mass is 10.2. The van der Waals surface area contributed by atoms with Crippen LogP contribution < -0.4 is 10.1 Å². The number of halogens is 3. The molecule has 0 saturated heterocycles. The van der Waals surface area contributed by atoms with Crippen LogP contribution in [-0.2, 0) is 6.54 Å². The van der Waals surface area contributed by atoms with Gasteiger partial charge in [-0.05, 0) is 58.7 Å². The molecule has 0 unspecified atom stereocenters. The molecule has 0 bridgehead atoms. The van der Waals surface area contributed by atoms with E-state index in [1.165, 1.54) is 6.07 Å². The summed E-state index contributed by atoms with van der Waals surface area (Å²) in [7, 11) is 0. The van der Waals surface area contributed by atoms with Crippen LogP contribution in [0.5, 0.6) is 11.5 Å². The van der Waals surface area contributed by atoms with E-state index < -0.39 is 0 Å². The lowest BCUT2D eigenvalue weighted by Gasteiger charge is -2.10. The van der Waals surface area contributed by atoms with Gasteiger partial charge >= 0.3 is 0 Å². The minimum atomic E-state index is -0.341. The molecule has 0 radical (unpaired) electrons. The van der Waals surface area contributed by atoms with Gasteiger partial charge < -0.3 is 10.1 Å². The number of benzene rings is 2. The number of hydrogen-bond acceptors (Lipinski definition) is 2. The van der Waals surface area contributed by atoms with Crippen LogP contribution in [0.4, 0.5) is 4.39 Å². The van der Waals surface area contributed by atoms with Crippen molar-refractivity contribution in [3.05, 3.63) is 56.7 Å². The Labute approximate surface area is 141 Å². The summed E-state index contributed by atoms with van der Waals surface area (Å²) in [5.74, 6) is 0.800. The van der Waals surface area contributed by atoms with E-state index in [-0.39, 0.29) is 5.82 Å². The molecular formula is C16H16Br2FNO. The summed E-state index contributed by atoms with van der Waals surface area (Å²) in [6, 6.07) is 10.5. The molecule has 5 heteroatoms. The predicted octanol–water partition coefficient (Wildman–Crippen LogP) is 5.64. The third-order valence-corrected chi connectivity index (χ3v) is 4.27. The minimum Gasteiger partial charge on any atom is -0.457 e. The molecule has 0 fully saturated rings. The van der Waals surface area contributed by atoms with Crippen LogP contribution in [0.2, 0.25) is 0 Å². The Morgan fingerprint density at radius 2 is 1.76 bits per heavy atom. The van der Waals surface area contributed by atoms with Crippen molar-refractivity contribution in [1.29, 1.82) is 0 Å². The van der Waals surface area contributed by atoms with E-state index in [4.69, 9.17) is 4.74 Å². The first-order valence-electron chi connectivity index (χ1n) is 6.72. The highest BCUT2D eigenvalue weighted by Gasteiger charge is 2.05. The molecule has 2 aromatic carbocycles. The summed E-state index contributed by atoms with van der Waals surface area (Å²) in [5, 5.41) is 3.35. The van der Waals surface area contributed by atoms with E-state index >= 15 is 0 Å². The summed E-state index contributed by atoms with van der Waals surface area (Å²) in [4.78, 5) is 0. The summed E-state index contributed by atoms with van der Waals surface area (Å²) >= 11 is 6.66. The van der Waals surface area contributed by atoms with Gasteiger partial charge in [0.05, 0.1) is 4.47 Å². The molecule has 0 atom stereocenters. The Morgan fingerprint density at radius 3 is 2.43 bits per heavy atom. The molecule has 0 aliphatic rings. The van der Waals surface area contributed by atoms with Crippen LogP contribution in [0, 0.1) is 5.82 Å². The summed E-state index contributed by atoms with van der Waals surface area (Å²) < 4.78 is 20.5. The molecule has 0 aliphatic heterocycles. The monoisotopic (exact) mass is 415 g/mol. The van der Waals surface area contributed by atoms with E-state index in [2.05, 4.69) is 44.1 Å². The van der Waals surface area contributed by atoms with Crippen molar-refractivity contribution in [3.8, 4) is 11.5 Å². The standard InChI is InChI=1S/C16H16Br2FNO/c1-2-7-20-10-11-3-4-12(8-15(11)18)21-13-5-6-14(17)16(19)9-13/h3-6,8-9,20H,2,7,10H2,1H3. The third-order valence-electron chi connectivity index (χ3n) is 2.89. The fourth-order valence-corrected chi connectivity index (χ4v) is 2.56. The molecular weight excluding hydrogens is 401 g/mol. The average molecular weight is 417 g/mol. The van der Waals surface area contributed by atoms with Crippen LogP contribution in [0.1, 0.15) is 18.9 Å². The highest BCUT2D eigenvalue weighted by atomic mass is 79.9. The fourth-order valence-electron chi connectivity index (χ4n) is 1.81. The second-order valence-electron chi connectivity index (χ2n) is 4.61. The second-order valence-corrected chi connectivity index (χ2v) is 6.32. The molecule has 0 saturated carbocycles. The van der Waals surface area contributed by atoms with Gasteiger partial charge in [0, 0.05) is 17.1 Å². The Balaban J connectivity index is 2.07. The molecule has 2 rings (SSSR count). The number of hydrogen-bond donors (Lipinski definition) is 1. The molecule has 0 amide bonds. The van der Waals surface area contributed by atoms with Crippen LogP contribution in [0.25, 0.3) is 0 Å². The van der Waals surface area contributed by atoms with E-state index in [1.807, 2.05) is 18.2 Å². The van der Waals surface area contributed by atoms with Gasteiger partial charge in [-0.3, -0.25) is 0 Å². The third kappa shape index (κ3) is 4.80. The van der Waals surface area contributed by atoms with E-state index in [0.29, 0.717) is 16.0 Å². The van der Waals surface area contributed by atoms with Gasteiger partial charge in [-0.2, -0.15) is 0 Å². The zero-order valence-corrected chi connectivity index (χ0v) is 14.8. The van der Waals surface area contributed by atoms with Crippen molar-refractivity contribution in [2.45, 2.75) is 19.9 Å². The molecule has 2 nitrogen and oxygen atoms in total. The van der Waals surface area contributed by atoms with Crippen LogP contribution in [0.15, 0.2) is 45.3 Å². The van der Waals surface area contributed by atoms with Gasteiger partial charge in [-0.15, -0.1) is 0 Å². The molecule has 112 valence electrons. The zero-order chi connectivity index (χ0) is 15.2. The van der Waals surface area contributed by atoms with Crippen LogP contribution in [-0.4, -0.2) is 6.54 Å². The lowest BCUT2D eigenvalue weighted by Crippen LogP contribution is -2.14. The second kappa shape index (κ2) is 7.92. The Bertz CT molecular complexity index is 619. The summed E-state index contributed by atoms with van der Waals surface area (Å²) in [5.41, 5.74) is 1.16. The van der Waals surface area contributed by atoms with Crippen LogP contribution in [0.3, 0.4) is 0 Å². The van der Waals surface area contributed by atoms with E-state index in [1.54, 1.807) is 12.1 Å². The Hall–Kier alpha value is -0.910. The molecule has 0 spiro atoms. The van der Waals surface area contributed by atoms with Gasteiger partial charge in [0.1, 0.15) is 17.3 Å². The van der Waals surface area contributed by atoms with Crippen LogP contribution >= 0.6 is 31.9 Å². The van der Waals surface area contributed by atoms with Crippen molar-refractivity contribution in [3.63, 3.8) is 0 Å². The maximum absolute atomic E-state index is 13.5. The first-order chi connectivity index (χ1) is 10.1. The Kier molecular flexibility index (Phi) is 6.21. The van der Waals surface area contributed by atoms with Gasteiger partial charge in [0.25, 0.3) is 0 Å². The number of ether oxygens (including phenoxy) is 1. The first-order valence-corrected chi connectivity index (χ1v) is 8.31. The topological polar surface area (TPSA) is 21.3 Å². The molecule has 0 aromatic heterocycles. The van der Waals surface area contributed by atoms with Gasteiger partial charge in [-0.1, -0.05) is 28.9 Å². The van der Waals surface area contributed by atoms with Gasteiger partial charge in [0.15, 0.2) is 0 Å². The first kappa shape index (κ1) is 16.5. The van der Waals surface area contributed by atoms with Crippen molar-refractivity contribution in [2.75, 3.05) is 6.54 Å². The molecule has 0 aliphatic carbocycles. The maximum Gasteiger partial charge on any atom is 0.141 e. The van der Waals surface area contributed by atoms with E-state index in [0.717, 1.165) is 29.5 Å². The van der Waals surface area contributed by atoms with Gasteiger partial charge in [0.2, 0.25) is 0 Å². The SMILES string of the molecule is CCCNCc1ccc(Oc2ccc(Br)c(F)c2)cc1Br. The van der Waals surface area contributed by atoms with Crippen molar-refractivity contribution in [2.24, 2.45) is 0 Å².